The van der Waals surface area contributed by atoms with Crippen LogP contribution >= 0.6 is 27.7 Å². The number of carbonyl (C=O) groups excluding carboxylic acids is 3. The van der Waals surface area contributed by atoms with Crippen molar-refractivity contribution in [3.05, 3.63) is 34.3 Å². The van der Waals surface area contributed by atoms with Gasteiger partial charge in [0.1, 0.15) is 6.04 Å². The van der Waals surface area contributed by atoms with Crippen molar-refractivity contribution in [1.82, 2.24) is 10.6 Å². The van der Waals surface area contributed by atoms with Crippen LogP contribution in [0, 0.1) is 0 Å². The highest BCUT2D eigenvalue weighted by Gasteiger charge is 2.22. The number of rotatable bonds is 8. The van der Waals surface area contributed by atoms with E-state index in [2.05, 4.69) is 26.6 Å². The number of carbonyl (C=O) groups is 3. The summed E-state index contributed by atoms with van der Waals surface area (Å²) in [5.74, 6) is -0.708. The fourth-order valence-corrected chi connectivity index (χ4v) is 2.62. The van der Waals surface area contributed by atoms with Crippen molar-refractivity contribution in [3.63, 3.8) is 0 Å². The molecule has 1 atom stereocenters. The van der Waals surface area contributed by atoms with Gasteiger partial charge in [-0.3, -0.25) is 14.4 Å². The molecule has 0 heterocycles. The van der Waals surface area contributed by atoms with E-state index < -0.39 is 17.9 Å². The van der Waals surface area contributed by atoms with Crippen LogP contribution < -0.4 is 16.4 Å². The molecule has 1 aromatic rings. The first-order chi connectivity index (χ1) is 10.5. The number of primary amides is 1. The van der Waals surface area contributed by atoms with Gasteiger partial charge in [0.15, 0.2) is 0 Å². The molecule has 0 radical (unpaired) electrons. The number of halogens is 1. The summed E-state index contributed by atoms with van der Waals surface area (Å²) in [6.45, 7) is -0.250. The van der Waals surface area contributed by atoms with E-state index in [-0.39, 0.29) is 12.5 Å². The molecule has 0 spiro atoms. The fourth-order valence-electron chi connectivity index (χ4n) is 1.68. The van der Waals surface area contributed by atoms with Gasteiger partial charge in [0.2, 0.25) is 11.8 Å². The van der Waals surface area contributed by atoms with Crippen LogP contribution in [0.25, 0.3) is 0 Å². The Morgan fingerprint density at radius 1 is 1.32 bits per heavy atom. The van der Waals surface area contributed by atoms with E-state index in [9.17, 15) is 14.4 Å². The molecule has 0 bridgehead atoms. The molecular formula is C14H18BrN3O3S. The molecule has 0 aliphatic heterocycles. The standard InChI is InChI=1S/C14H18BrN3O3S/c1-22-7-6-11(14(21)17-8-12(16)19)18-13(20)9-4-2-3-5-10(9)15/h2-5,11H,6-8H2,1H3,(H2,16,19)(H,17,21)(H,18,20)/t11-/m1/s1. The summed E-state index contributed by atoms with van der Waals surface area (Å²) < 4.78 is 0.647. The average molecular weight is 388 g/mol. The molecule has 1 aromatic carbocycles. The number of benzene rings is 1. The molecule has 4 N–H and O–H groups in total. The van der Waals surface area contributed by atoms with Gasteiger partial charge >= 0.3 is 0 Å². The topological polar surface area (TPSA) is 101 Å². The van der Waals surface area contributed by atoms with Crippen LogP contribution in [0.15, 0.2) is 28.7 Å². The third-order valence-corrected chi connectivity index (χ3v) is 4.12. The van der Waals surface area contributed by atoms with Gasteiger partial charge in [-0.25, -0.2) is 0 Å². The Morgan fingerprint density at radius 3 is 2.59 bits per heavy atom. The average Bonchev–Trinajstić information content (AvgIpc) is 2.49. The van der Waals surface area contributed by atoms with E-state index in [0.29, 0.717) is 22.2 Å². The molecule has 0 fully saturated rings. The summed E-state index contributed by atoms with van der Waals surface area (Å²) in [4.78, 5) is 35.1. The van der Waals surface area contributed by atoms with Gasteiger partial charge in [-0.05, 0) is 46.5 Å². The zero-order chi connectivity index (χ0) is 16.5. The number of thioether (sulfide) groups is 1. The smallest absolute Gasteiger partial charge is 0.253 e. The van der Waals surface area contributed by atoms with Crippen LogP contribution in [0.4, 0.5) is 0 Å². The molecule has 120 valence electrons. The van der Waals surface area contributed by atoms with E-state index in [1.807, 2.05) is 6.26 Å². The van der Waals surface area contributed by atoms with Gasteiger partial charge in [-0.2, -0.15) is 11.8 Å². The van der Waals surface area contributed by atoms with E-state index in [1.54, 1.807) is 36.0 Å². The summed E-state index contributed by atoms with van der Waals surface area (Å²) >= 11 is 4.87. The molecule has 6 nitrogen and oxygen atoms in total. The highest BCUT2D eigenvalue weighted by atomic mass is 79.9. The molecule has 8 heteroatoms. The zero-order valence-electron chi connectivity index (χ0n) is 12.1. The van der Waals surface area contributed by atoms with Crippen LogP contribution in [0.1, 0.15) is 16.8 Å². The Kier molecular flexibility index (Phi) is 7.97. The van der Waals surface area contributed by atoms with Gasteiger partial charge < -0.3 is 16.4 Å². The summed E-state index contributed by atoms with van der Waals surface area (Å²) in [6.07, 6.45) is 2.37. The second-order valence-corrected chi connectivity index (χ2v) is 6.31. The summed E-state index contributed by atoms with van der Waals surface area (Å²) in [6, 6.07) is 6.23. The molecule has 22 heavy (non-hydrogen) atoms. The number of nitrogens with two attached hydrogens (primary N) is 1. The van der Waals surface area contributed by atoms with Crippen molar-refractivity contribution >= 4 is 45.4 Å². The van der Waals surface area contributed by atoms with Crippen molar-refractivity contribution in [3.8, 4) is 0 Å². The maximum absolute atomic E-state index is 12.3. The monoisotopic (exact) mass is 387 g/mol. The quantitative estimate of drug-likeness (QED) is 0.616. The van der Waals surface area contributed by atoms with Crippen molar-refractivity contribution in [2.45, 2.75) is 12.5 Å². The lowest BCUT2D eigenvalue weighted by Gasteiger charge is -2.18. The molecule has 0 unspecified atom stereocenters. The first-order valence-electron chi connectivity index (χ1n) is 6.56. The molecule has 0 saturated heterocycles. The summed E-state index contributed by atoms with van der Waals surface area (Å²) in [5, 5.41) is 5.10. The second kappa shape index (κ2) is 9.47. The Hall–Kier alpha value is -1.54. The lowest BCUT2D eigenvalue weighted by atomic mass is 10.1. The van der Waals surface area contributed by atoms with Crippen molar-refractivity contribution in [2.24, 2.45) is 5.73 Å². The minimum Gasteiger partial charge on any atom is -0.368 e. The highest BCUT2D eigenvalue weighted by molar-refractivity contribution is 9.10. The lowest BCUT2D eigenvalue weighted by molar-refractivity contribution is -0.126. The molecule has 1 rings (SSSR count). The van der Waals surface area contributed by atoms with Crippen LogP contribution in [0.5, 0.6) is 0 Å². The highest BCUT2D eigenvalue weighted by Crippen LogP contribution is 2.16. The van der Waals surface area contributed by atoms with Gasteiger partial charge in [0.25, 0.3) is 5.91 Å². The maximum atomic E-state index is 12.3. The number of amides is 3. The SMILES string of the molecule is CSCC[C@@H](NC(=O)c1ccccc1Br)C(=O)NCC(N)=O. The predicted molar refractivity (Wildman–Crippen MR) is 90.6 cm³/mol. The Morgan fingerprint density at radius 2 is 2.00 bits per heavy atom. The molecule has 0 aliphatic rings. The largest absolute Gasteiger partial charge is 0.368 e. The maximum Gasteiger partial charge on any atom is 0.253 e. The minimum atomic E-state index is -0.716. The van der Waals surface area contributed by atoms with Crippen molar-refractivity contribution < 1.29 is 14.4 Å². The van der Waals surface area contributed by atoms with Crippen LogP contribution in [0.2, 0.25) is 0 Å². The second-order valence-electron chi connectivity index (χ2n) is 4.47. The Bertz CT molecular complexity index is 554. The third kappa shape index (κ3) is 6.07. The van der Waals surface area contributed by atoms with E-state index in [0.717, 1.165) is 0 Å². The fraction of sp³-hybridized carbons (Fsp3) is 0.357. The first-order valence-corrected chi connectivity index (χ1v) is 8.74. The lowest BCUT2D eigenvalue weighted by Crippen LogP contribution is -2.48. The summed E-state index contributed by atoms with van der Waals surface area (Å²) in [5.41, 5.74) is 5.45. The molecule has 3 amide bonds. The minimum absolute atomic E-state index is 0.250. The Balaban J connectivity index is 2.75. The predicted octanol–water partition coefficient (Wildman–Crippen LogP) is 0.902. The number of hydrogen-bond acceptors (Lipinski definition) is 4. The van der Waals surface area contributed by atoms with Gasteiger partial charge in [0, 0.05) is 4.47 Å². The number of hydrogen-bond donors (Lipinski definition) is 3. The zero-order valence-corrected chi connectivity index (χ0v) is 14.5. The Labute approximate surface area is 141 Å². The van der Waals surface area contributed by atoms with E-state index >= 15 is 0 Å². The van der Waals surface area contributed by atoms with Crippen LogP contribution in [0.3, 0.4) is 0 Å². The molecule has 0 aliphatic carbocycles. The first kappa shape index (κ1) is 18.5. The summed E-state index contributed by atoms with van der Waals surface area (Å²) in [7, 11) is 0. The molecule has 0 saturated carbocycles. The van der Waals surface area contributed by atoms with E-state index in [4.69, 9.17) is 5.73 Å². The van der Waals surface area contributed by atoms with Crippen molar-refractivity contribution in [2.75, 3.05) is 18.6 Å². The van der Waals surface area contributed by atoms with Gasteiger partial charge in [-0.15, -0.1) is 0 Å². The normalized spacial score (nSPS) is 11.5. The third-order valence-electron chi connectivity index (χ3n) is 2.79. The van der Waals surface area contributed by atoms with Crippen molar-refractivity contribution in [1.29, 1.82) is 0 Å². The number of nitrogens with one attached hydrogen (secondary N) is 2. The van der Waals surface area contributed by atoms with Crippen LogP contribution in [-0.2, 0) is 9.59 Å². The molecular weight excluding hydrogens is 370 g/mol. The van der Waals surface area contributed by atoms with Crippen LogP contribution in [-0.4, -0.2) is 42.3 Å². The molecule has 0 aromatic heterocycles. The van der Waals surface area contributed by atoms with Gasteiger partial charge in [-0.1, -0.05) is 12.1 Å². The van der Waals surface area contributed by atoms with Gasteiger partial charge in [0.05, 0.1) is 12.1 Å². The van der Waals surface area contributed by atoms with E-state index in [1.165, 1.54) is 0 Å².